The summed E-state index contributed by atoms with van der Waals surface area (Å²) < 4.78 is 6.65. The van der Waals surface area contributed by atoms with E-state index in [1.807, 2.05) is 13.0 Å². The first-order chi connectivity index (χ1) is 9.49. The van der Waals surface area contributed by atoms with Crippen LogP contribution in [0.5, 0.6) is 0 Å². The van der Waals surface area contributed by atoms with Crippen LogP contribution in [0.25, 0.3) is 0 Å². The van der Waals surface area contributed by atoms with E-state index in [4.69, 9.17) is 22.7 Å². The summed E-state index contributed by atoms with van der Waals surface area (Å²) in [6, 6.07) is 1.82. The summed E-state index contributed by atoms with van der Waals surface area (Å²) in [7, 11) is 3.38. The van der Waals surface area contributed by atoms with E-state index in [1.54, 1.807) is 23.7 Å². The Labute approximate surface area is 124 Å². The number of amides is 1. The Balaban J connectivity index is 2.84. The molecule has 0 aromatic carbocycles. The molecule has 1 heterocycles. The van der Waals surface area contributed by atoms with Crippen molar-refractivity contribution in [2.45, 2.75) is 19.8 Å². The van der Waals surface area contributed by atoms with Crippen molar-refractivity contribution in [3.63, 3.8) is 0 Å². The third-order valence-corrected chi connectivity index (χ3v) is 3.20. The minimum Gasteiger partial charge on any atom is -0.393 e. The first-order valence-electron chi connectivity index (χ1n) is 6.59. The van der Waals surface area contributed by atoms with Gasteiger partial charge in [0.05, 0.1) is 17.3 Å². The van der Waals surface area contributed by atoms with Crippen LogP contribution >= 0.6 is 12.2 Å². The minimum atomic E-state index is -0.0759. The summed E-state index contributed by atoms with van der Waals surface area (Å²) in [6.07, 6.45) is 1.30. The molecule has 20 heavy (non-hydrogen) atoms. The minimum absolute atomic E-state index is 0.0759. The van der Waals surface area contributed by atoms with Crippen LogP contribution in [-0.4, -0.2) is 52.4 Å². The first-order valence-corrected chi connectivity index (χ1v) is 6.99. The fraction of sp³-hybridized carbons (Fsp3) is 0.615. The van der Waals surface area contributed by atoms with Crippen molar-refractivity contribution < 1.29 is 9.53 Å². The number of aromatic nitrogens is 2. The number of nitrogens with zero attached hydrogens (tertiary/aromatic N) is 3. The lowest BCUT2D eigenvalue weighted by Gasteiger charge is -2.22. The van der Waals surface area contributed by atoms with Gasteiger partial charge in [0, 0.05) is 33.7 Å². The van der Waals surface area contributed by atoms with Gasteiger partial charge in [0.1, 0.15) is 5.69 Å². The third kappa shape index (κ3) is 4.57. The van der Waals surface area contributed by atoms with Crippen molar-refractivity contribution in [3.05, 3.63) is 17.5 Å². The largest absolute Gasteiger partial charge is 0.393 e. The van der Waals surface area contributed by atoms with E-state index < -0.39 is 0 Å². The number of hydrogen-bond acceptors (Lipinski definition) is 4. The number of nitrogens with two attached hydrogens (primary N) is 1. The Bertz CT molecular complexity index is 473. The van der Waals surface area contributed by atoms with Crippen LogP contribution < -0.4 is 5.73 Å². The zero-order valence-electron chi connectivity index (χ0n) is 12.3. The molecule has 0 saturated carbocycles. The summed E-state index contributed by atoms with van der Waals surface area (Å²) >= 11 is 4.87. The zero-order valence-corrected chi connectivity index (χ0v) is 13.1. The summed E-state index contributed by atoms with van der Waals surface area (Å²) in [5.41, 5.74) is 6.98. The van der Waals surface area contributed by atoms with Crippen LogP contribution in [0.15, 0.2) is 6.07 Å². The molecule has 6 nitrogen and oxygen atoms in total. The molecule has 1 amide bonds. The lowest BCUT2D eigenvalue weighted by atomic mass is 10.2. The van der Waals surface area contributed by atoms with E-state index in [-0.39, 0.29) is 5.91 Å². The van der Waals surface area contributed by atoms with Gasteiger partial charge in [0.2, 0.25) is 0 Å². The van der Waals surface area contributed by atoms with Crippen molar-refractivity contribution >= 4 is 23.1 Å². The molecule has 0 saturated heterocycles. The molecule has 0 radical (unpaired) electrons. The van der Waals surface area contributed by atoms with Crippen LogP contribution in [-0.2, 0) is 18.2 Å². The van der Waals surface area contributed by atoms with Gasteiger partial charge in [-0.25, -0.2) is 0 Å². The predicted octanol–water partition coefficient (Wildman–Crippen LogP) is 0.747. The fourth-order valence-corrected chi connectivity index (χ4v) is 1.91. The molecule has 0 bridgehead atoms. The second-order valence-electron chi connectivity index (χ2n) is 4.50. The molecule has 2 N–H and O–H groups in total. The normalized spacial score (nSPS) is 10.6. The molecule has 1 rings (SSSR count). The molecule has 7 heteroatoms. The predicted molar refractivity (Wildman–Crippen MR) is 81.8 cm³/mol. The highest BCUT2D eigenvalue weighted by molar-refractivity contribution is 7.80. The van der Waals surface area contributed by atoms with E-state index in [1.165, 1.54) is 0 Å². The summed E-state index contributed by atoms with van der Waals surface area (Å²) in [6.45, 7) is 3.47. The maximum absolute atomic E-state index is 12.5. The number of methoxy groups -OCH3 is 1. The van der Waals surface area contributed by atoms with Crippen LogP contribution in [0.2, 0.25) is 0 Å². The molecule has 1 aromatic heterocycles. The van der Waals surface area contributed by atoms with E-state index in [9.17, 15) is 4.79 Å². The Morgan fingerprint density at radius 3 is 2.75 bits per heavy atom. The molecular formula is C13H22N4O2S. The van der Waals surface area contributed by atoms with Gasteiger partial charge in [-0.05, 0) is 12.5 Å². The second kappa shape index (κ2) is 7.96. The highest BCUT2D eigenvalue weighted by Crippen LogP contribution is 2.08. The number of rotatable bonds is 8. The van der Waals surface area contributed by atoms with Crippen molar-refractivity contribution in [1.29, 1.82) is 0 Å². The molecule has 0 aliphatic rings. The number of hydrogen-bond donors (Lipinski definition) is 1. The third-order valence-electron chi connectivity index (χ3n) is 2.99. The SMILES string of the molecule is CCc1cc(C(=O)N(CCOC)CCC(N)=S)n(C)n1. The maximum Gasteiger partial charge on any atom is 0.272 e. The Kier molecular flexibility index (Phi) is 6.60. The number of aryl methyl sites for hydroxylation is 2. The quantitative estimate of drug-likeness (QED) is 0.717. The Hall–Kier alpha value is -1.47. The van der Waals surface area contributed by atoms with Gasteiger partial charge < -0.3 is 15.4 Å². The Morgan fingerprint density at radius 2 is 2.25 bits per heavy atom. The van der Waals surface area contributed by atoms with Gasteiger partial charge in [-0.15, -0.1) is 0 Å². The fourth-order valence-electron chi connectivity index (χ4n) is 1.82. The molecule has 0 atom stereocenters. The number of thiocarbonyl (C=S) groups is 1. The molecule has 112 valence electrons. The van der Waals surface area contributed by atoms with Crippen LogP contribution in [0.4, 0.5) is 0 Å². The second-order valence-corrected chi connectivity index (χ2v) is 5.02. The highest BCUT2D eigenvalue weighted by Gasteiger charge is 2.19. The number of ether oxygens (including phenoxy) is 1. The average Bonchev–Trinajstić information content (AvgIpc) is 2.79. The van der Waals surface area contributed by atoms with Crippen LogP contribution in [0.1, 0.15) is 29.5 Å². The molecule has 0 fully saturated rings. The molecule has 0 spiro atoms. The van der Waals surface area contributed by atoms with Crippen LogP contribution in [0.3, 0.4) is 0 Å². The van der Waals surface area contributed by atoms with Gasteiger partial charge in [-0.3, -0.25) is 9.48 Å². The number of carbonyl (C=O) groups excluding carboxylic acids is 1. The van der Waals surface area contributed by atoms with E-state index >= 15 is 0 Å². The van der Waals surface area contributed by atoms with Crippen molar-refractivity contribution in [2.75, 3.05) is 26.8 Å². The smallest absolute Gasteiger partial charge is 0.272 e. The highest BCUT2D eigenvalue weighted by atomic mass is 32.1. The van der Waals surface area contributed by atoms with Gasteiger partial charge in [-0.1, -0.05) is 19.1 Å². The van der Waals surface area contributed by atoms with E-state index in [2.05, 4.69) is 5.10 Å². The monoisotopic (exact) mass is 298 g/mol. The average molecular weight is 298 g/mol. The van der Waals surface area contributed by atoms with Gasteiger partial charge in [0.25, 0.3) is 5.91 Å². The lowest BCUT2D eigenvalue weighted by Crippen LogP contribution is -2.37. The maximum atomic E-state index is 12.5. The summed E-state index contributed by atoms with van der Waals surface area (Å²) in [5, 5.41) is 4.30. The standard InChI is InChI=1S/C13H22N4O2S/c1-4-10-9-11(16(2)15-10)13(18)17(7-8-19-3)6-5-12(14)20/h9H,4-8H2,1-3H3,(H2,14,20). The molecule has 0 aliphatic carbocycles. The topological polar surface area (TPSA) is 73.4 Å². The summed E-state index contributed by atoms with van der Waals surface area (Å²) in [4.78, 5) is 14.6. The summed E-state index contributed by atoms with van der Waals surface area (Å²) in [5.74, 6) is -0.0759. The van der Waals surface area contributed by atoms with Crippen LogP contribution in [0, 0.1) is 0 Å². The Morgan fingerprint density at radius 1 is 1.55 bits per heavy atom. The molecule has 1 aromatic rings. The van der Waals surface area contributed by atoms with Gasteiger partial charge >= 0.3 is 0 Å². The molecule has 0 aliphatic heterocycles. The zero-order chi connectivity index (χ0) is 15.1. The lowest BCUT2D eigenvalue weighted by molar-refractivity contribution is 0.0690. The molecule has 0 unspecified atom stereocenters. The van der Waals surface area contributed by atoms with Crippen molar-refractivity contribution in [3.8, 4) is 0 Å². The van der Waals surface area contributed by atoms with E-state index in [0.29, 0.717) is 36.8 Å². The van der Waals surface area contributed by atoms with Gasteiger partial charge in [-0.2, -0.15) is 5.10 Å². The van der Waals surface area contributed by atoms with E-state index in [0.717, 1.165) is 12.1 Å². The van der Waals surface area contributed by atoms with Crippen molar-refractivity contribution in [2.24, 2.45) is 12.8 Å². The number of carbonyl (C=O) groups is 1. The van der Waals surface area contributed by atoms with Gasteiger partial charge in [0.15, 0.2) is 0 Å². The molecular weight excluding hydrogens is 276 g/mol. The first kappa shape index (κ1) is 16.6. The van der Waals surface area contributed by atoms with Crippen molar-refractivity contribution in [1.82, 2.24) is 14.7 Å².